The van der Waals surface area contributed by atoms with Crippen LogP contribution in [-0.4, -0.2) is 0 Å². The second-order valence-corrected chi connectivity index (χ2v) is 2.42. The van der Waals surface area contributed by atoms with Crippen molar-refractivity contribution in [1.29, 1.82) is 0 Å². The van der Waals surface area contributed by atoms with Gasteiger partial charge in [0.2, 0.25) is 0 Å². The maximum atomic E-state index is 5.48. The number of hydrogen-bond acceptors (Lipinski definition) is 1. The van der Waals surface area contributed by atoms with Gasteiger partial charge in [0.1, 0.15) is 11.5 Å². The van der Waals surface area contributed by atoms with Crippen LogP contribution in [0.15, 0.2) is 67.5 Å². The van der Waals surface area contributed by atoms with Gasteiger partial charge in [0.05, 0.1) is 0 Å². The molecule has 0 spiro atoms. The van der Waals surface area contributed by atoms with Crippen molar-refractivity contribution in [1.82, 2.24) is 0 Å². The zero-order chi connectivity index (χ0) is 9.52. The molecule has 0 aromatic heterocycles. The van der Waals surface area contributed by atoms with Gasteiger partial charge in [-0.2, -0.15) is 0 Å². The van der Waals surface area contributed by atoms with Crippen LogP contribution in [0.1, 0.15) is 0 Å². The van der Waals surface area contributed by atoms with Crippen molar-refractivity contribution >= 4 is 0 Å². The molecule has 0 aliphatic rings. The Kier molecular flexibility index (Phi) is 3.58. The topological polar surface area (TPSA) is 9.23 Å². The van der Waals surface area contributed by atoms with Gasteiger partial charge < -0.3 is 4.74 Å². The Morgan fingerprint density at radius 2 is 1.85 bits per heavy atom. The van der Waals surface area contributed by atoms with E-state index in [0.717, 1.165) is 5.75 Å². The third kappa shape index (κ3) is 2.99. The van der Waals surface area contributed by atoms with E-state index >= 15 is 0 Å². The van der Waals surface area contributed by atoms with Gasteiger partial charge in [-0.25, -0.2) is 0 Å². The van der Waals surface area contributed by atoms with Crippen LogP contribution in [0.25, 0.3) is 0 Å². The molecule has 0 amide bonds. The minimum Gasteiger partial charge on any atom is -0.457 e. The van der Waals surface area contributed by atoms with Crippen LogP contribution in [0.3, 0.4) is 0 Å². The summed E-state index contributed by atoms with van der Waals surface area (Å²) < 4.78 is 5.48. The molecule has 0 N–H and O–H groups in total. The van der Waals surface area contributed by atoms with E-state index in [1.54, 1.807) is 18.2 Å². The standard InChI is InChI=1S/C12H12O/c1-3-8-11(4-2)13-12-9-6-5-7-10-12/h3-10H,1-2H2/b11-8+. The highest BCUT2D eigenvalue weighted by molar-refractivity contribution is 5.27. The van der Waals surface area contributed by atoms with Gasteiger partial charge >= 0.3 is 0 Å². The van der Waals surface area contributed by atoms with Crippen molar-refractivity contribution < 1.29 is 4.74 Å². The normalized spacial score (nSPS) is 10.6. The zero-order valence-corrected chi connectivity index (χ0v) is 7.44. The smallest absolute Gasteiger partial charge is 0.127 e. The van der Waals surface area contributed by atoms with E-state index in [1.807, 2.05) is 30.3 Å². The highest BCUT2D eigenvalue weighted by Gasteiger charge is 1.92. The monoisotopic (exact) mass is 172 g/mol. The Hall–Kier alpha value is -1.76. The number of para-hydroxylation sites is 1. The van der Waals surface area contributed by atoms with Crippen molar-refractivity contribution in [2.24, 2.45) is 0 Å². The molecule has 0 aliphatic heterocycles. The first-order valence-corrected chi connectivity index (χ1v) is 4.05. The van der Waals surface area contributed by atoms with Crippen LogP contribution in [0, 0.1) is 0 Å². The first-order valence-electron chi connectivity index (χ1n) is 4.05. The Labute approximate surface area is 78.7 Å². The van der Waals surface area contributed by atoms with Gasteiger partial charge in [0.25, 0.3) is 0 Å². The van der Waals surface area contributed by atoms with Crippen LogP contribution < -0.4 is 4.74 Å². The summed E-state index contributed by atoms with van der Waals surface area (Å²) in [7, 11) is 0. The molecule has 0 radical (unpaired) electrons. The van der Waals surface area contributed by atoms with E-state index in [4.69, 9.17) is 4.74 Å². The van der Waals surface area contributed by atoms with Crippen molar-refractivity contribution in [2.45, 2.75) is 0 Å². The molecular formula is C12H12O. The molecule has 66 valence electrons. The Morgan fingerprint density at radius 3 is 2.38 bits per heavy atom. The largest absolute Gasteiger partial charge is 0.457 e. The third-order valence-electron chi connectivity index (χ3n) is 1.46. The van der Waals surface area contributed by atoms with E-state index in [0.29, 0.717) is 5.76 Å². The Morgan fingerprint density at radius 1 is 1.15 bits per heavy atom. The van der Waals surface area contributed by atoms with Crippen LogP contribution in [0.5, 0.6) is 5.75 Å². The summed E-state index contributed by atoms with van der Waals surface area (Å²) >= 11 is 0. The lowest BCUT2D eigenvalue weighted by atomic mass is 10.3. The van der Waals surface area contributed by atoms with Crippen molar-refractivity contribution in [3.63, 3.8) is 0 Å². The molecule has 1 aromatic carbocycles. The van der Waals surface area contributed by atoms with Crippen molar-refractivity contribution in [3.05, 3.63) is 67.5 Å². The number of benzene rings is 1. The molecule has 0 saturated carbocycles. The molecule has 13 heavy (non-hydrogen) atoms. The van der Waals surface area contributed by atoms with E-state index < -0.39 is 0 Å². The van der Waals surface area contributed by atoms with Crippen LogP contribution in [0.4, 0.5) is 0 Å². The van der Waals surface area contributed by atoms with Crippen molar-refractivity contribution in [3.8, 4) is 5.75 Å². The molecule has 0 aliphatic carbocycles. The summed E-state index contributed by atoms with van der Waals surface area (Å²) in [6, 6.07) is 9.56. The summed E-state index contributed by atoms with van der Waals surface area (Å²) in [6.45, 7) is 7.22. The molecule has 1 rings (SSSR count). The predicted octanol–water partition coefficient (Wildman–Crippen LogP) is 3.32. The average Bonchev–Trinajstić information content (AvgIpc) is 2.19. The van der Waals surface area contributed by atoms with Gasteiger partial charge in [-0.05, 0) is 24.3 Å². The van der Waals surface area contributed by atoms with E-state index in [2.05, 4.69) is 13.2 Å². The fraction of sp³-hybridized carbons (Fsp3) is 0. The molecule has 1 heteroatoms. The van der Waals surface area contributed by atoms with Gasteiger partial charge in [-0.15, -0.1) is 0 Å². The quantitative estimate of drug-likeness (QED) is 0.500. The van der Waals surface area contributed by atoms with Crippen LogP contribution in [-0.2, 0) is 0 Å². The molecule has 0 fully saturated rings. The highest BCUT2D eigenvalue weighted by Crippen LogP contribution is 2.12. The minimum absolute atomic E-state index is 0.696. The Balaban J connectivity index is 2.73. The molecule has 0 unspecified atom stereocenters. The van der Waals surface area contributed by atoms with Crippen molar-refractivity contribution in [2.75, 3.05) is 0 Å². The fourth-order valence-corrected chi connectivity index (χ4v) is 0.885. The van der Waals surface area contributed by atoms with Gasteiger partial charge in [0.15, 0.2) is 0 Å². The molecule has 0 atom stereocenters. The summed E-state index contributed by atoms with van der Waals surface area (Å²) in [4.78, 5) is 0. The third-order valence-corrected chi connectivity index (χ3v) is 1.46. The molecule has 0 saturated heterocycles. The lowest BCUT2D eigenvalue weighted by Crippen LogP contribution is -1.90. The fourth-order valence-electron chi connectivity index (χ4n) is 0.885. The van der Waals surface area contributed by atoms with Gasteiger partial charge in [-0.3, -0.25) is 0 Å². The number of allylic oxidation sites excluding steroid dienone is 3. The Bertz CT molecular complexity index is 309. The summed E-state index contributed by atoms with van der Waals surface area (Å²) in [5.74, 6) is 1.50. The van der Waals surface area contributed by atoms with E-state index in [9.17, 15) is 0 Å². The lowest BCUT2D eigenvalue weighted by Gasteiger charge is -2.04. The zero-order valence-electron chi connectivity index (χ0n) is 7.44. The first kappa shape index (κ1) is 9.33. The van der Waals surface area contributed by atoms with Crippen LogP contribution in [0.2, 0.25) is 0 Å². The van der Waals surface area contributed by atoms with E-state index in [1.165, 1.54) is 0 Å². The van der Waals surface area contributed by atoms with Gasteiger partial charge in [0, 0.05) is 0 Å². The lowest BCUT2D eigenvalue weighted by molar-refractivity contribution is 0.445. The predicted molar refractivity (Wildman–Crippen MR) is 55.5 cm³/mol. The number of hydrogen-bond donors (Lipinski definition) is 0. The molecular weight excluding hydrogens is 160 g/mol. The minimum atomic E-state index is 0.696. The molecule has 1 aromatic rings. The maximum absolute atomic E-state index is 5.48. The summed E-state index contributed by atoms with van der Waals surface area (Å²) in [5, 5.41) is 0. The number of ether oxygens (including phenoxy) is 1. The molecule has 0 heterocycles. The summed E-state index contributed by atoms with van der Waals surface area (Å²) in [5.41, 5.74) is 0. The average molecular weight is 172 g/mol. The summed E-state index contributed by atoms with van der Waals surface area (Å²) in [6.07, 6.45) is 5.08. The van der Waals surface area contributed by atoms with Gasteiger partial charge in [-0.1, -0.05) is 37.4 Å². The molecule has 0 bridgehead atoms. The van der Waals surface area contributed by atoms with E-state index in [-0.39, 0.29) is 0 Å². The SMILES string of the molecule is C=C/C=C(\C=C)Oc1ccccc1. The van der Waals surface area contributed by atoms with Crippen LogP contribution >= 0.6 is 0 Å². The second kappa shape index (κ2) is 4.99. The second-order valence-electron chi connectivity index (χ2n) is 2.42. The number of rotatable bonds is 4. The highest BCUT2D eigenvalue weighted by atomic mass is 16.5. The first-order chi connectivity index (χ1) is 6.36. The maximum Gasteiger partial charge on any atom is 0.127 e. The molecule has 1 nitrogen and oxygen atoms in total.